The quantitative estimate of drug-likeness (QED) is 0.315. The number of hydrogen-bond donors (Lipinski definition) is 3. The molecule has 4 atom stereocenters. The van der Waals surface area contributed by atoms with Gasteiger partial charge in [-0.3, -0.25) is 14.4 Å². The van der Waals surface area contributed by atoms with Gasteiger partial charge >= 0.3 is 0 Å². The third-order valence-electron chi connectivity index (χ3n) is 7.61. The summed E-state index contributed by atoms with van der Waals surface area (Å²) in [6, 6.07) is 9.89. The number of carbonyl (C=O) groups is 3. The molecule has 0 bridgehead atoms. The van der Waals surface area contributed by atoms with Crippen molar-refractivity contribution in [3.05, 3.63) is 64.7 Å². The summed E-state index contributed by atoms with van der Waals surface area (Å²) in [7, 11) is 3.04. The Balaban J connectivity index is 1.75. The number of aliphatic hydroxyl groups is 2. The zero-order valence-electron chi connectivity index (χ0n) is 23.7. The number of aldehydes is 1. The molecule has 0 fully saturated rings. The average Bonchev–Trinajstić information content (AvgIpc) is 3.39. The number of ether oxygens (including phenoxy) is 3. The zero-order chi connectivity index (χ0) is 29.5. The Labute approximate surface area is 239 Å². The lowest BCUT2D eigenvalue weighted by Crippen LogP contribution is -2.56. The molecule has 41 heavy (non-hydrogen) atoms. The summed E-state index contributed by atoms with van der Waals surface area (Å²) in [6.07, 6.45) is 2.53. The summed E-state index contributed by atoms with van der Waals surface area (Å²) in [5.41, 5.74) is 2.13. The van der Waals surface area contributed by atoms with Crippen LogP contribution in [0.15, 0.2) is 48.0 Å². The number of unbranched alkanes of at least 4 members (excludes halogenated alkanes) is 1. The largest absolute Gasteiger partial charge is 0.497 e. The molecule has 10 heteroatoms. The van der Waals surface area contributed by atoms with Gasteiger partial charge in [-0.1, -0.05) is 25.5 Å². The molecule has 10 nitrogen and oxygen atoms in total. The first-order chi connectivity index (χ1) is 19.9. The molecule has 0 saturated heterocycles. The van der Waals surface area contributed by atoms with Crippen molar-refractivity contribution in [2.24, 2.45) is 0 Å². The molecule has 3 N–H and O–H groups in total. The van der Waals surface area contributed by atoms with Gasteiger partial charge in [-0.15, -0.1) is 0 Å². The third kappa shape index (κ3) is 6.39. The maximum atomic E-state index is 13.6. The van der Waals surface area contributed by atoms with E-state index < -0.39 is 30.1 Å². The SMILES string of the molecule is CCCCC(=O)N(CCc1cccc(OC)c1)C1C=C(C(=O)NCCO)C2c3cc(C=O)cc(OC)c3OC2C1O. The van der Waals surface area contributed by atoms with Crippen LogP contribution in [-0.2, 0) is 16.0 Å². The van der Waals surface area contributed by atoms with Crippen molar-refractivity contribution >= 4 is 18.1 Å². The second-order valence-electron chi connectivity index (χ2n) is 10.2. The Kier molecular flexibility index (Phi) is 10.0. The van der Waals surface area contributed by atoms with Gasteiger partial charge in [0.15, 0.2) is 11.5 Å². The van der Waals surface area contributed by atoms with E-state index in [1.54, 1.807) is 24.2 Å². The summed E-state index contributed by atoms with van der Waals surface area (Å²) in [6.45, 7) is 2.07. The highest BCUT2D eigenvalue weighted by Crippen LogP contribution is 2.51. The second-order valence-corrected chi connectivity index (χ2v) is 10.2. The molecule has 0 aromatic heterocycles. The van der Waals surface area contributed by atoms with Crippen LogP contribution in [0, 0.1) is 0 Å². The highest BCUT2D eigenvalue weighted by atomic mass is 16.5. The van der Waals surface area contributed by atoms with Gasteiger partial charge in [0.05, 0.1) is 32.8 Å². The summed E-state index contributed by atoms with van der Waals surface area (Å²) < 4.78 is 17.1. The van der Waals surface area contributed by atoms with Crippen molar-refractivity contribution in [2.45, 2.75) is 56.8 Å². The molecule has 0 spiro atoms. The summed E-state index contributed by atoms with van der Waals surface area (Å²) >= 11 is 0. The van der Waals surface area contributed by atoms with E-state index in [-0.39, 0.29) is 24.6 Å². The van der Waals surface area contributed by atoms with Crippen LogP contribution in [0.2, 0.25) is 0 Å². The van der Waals surface area contributed by atoms with Crippen LogP contribution in [0.5, 0.6) is 17.2 Å². The van der Waals surface area contributed by atoms with Crippen LogP contribution in [0.4, 0.5) is 0 Å². The van der Waals surface area contributed by atoms with Gasteiger partial charge < -0.3 is 34.6 Å². The fourth-order valence-electron chi connectivity index (χ4n) is 5.55. The molecular formula is C31H38N2O8. The van der Waals surface area contributed by atoms with Gasteiger partial charge in [-0.25, -0.2) is 0 Å². The highest BCUT2D eigenvalue weighted by molar-refractivity contribution is 5.96. The number of carbonyl (C=O) groups excluding carboxylic acids is 3. The van der Waals surface area contributed by atoms with E-state index in [2.05, 4.69) is 5.32 Å². The summed E-state index contributed by atoms with van der Waals surface area (Å²) in [5, 5.41) is 23.8. The minimum atomic E-state index is -1.18. The molecule has 0 radical (unpaired) electrons. The molecule has 4 unspecified atom stereocenters. The van der Waals surface area contributed by atoms with Crippen molar-refractivity contribution in [1.82, 2.24) is 10.2 Å². The number of rotatable bonds is 13. The Hall–Kier alpha value is -3.89. The lowest BCUT2D eigenvalue weighted by Gasteiger charge is -2.41. The van der Waals surface area contributed by atoms with Crippen LogP contribution >= 0.6 is 0 Å². The van der Waals surface area contributed by atoms with E-state index in [4.69, 9.17) is 14.2 Å². The van der Waals surface area contributed by atoms with Crippen LogP contribution in [0.1, 0.15) is 53.6 Å². The maximum absolute atomic E-state index is 13.6. The molecule has 1 heterocycles. The Morgan fingerprint density at radius 1 is 1.17 bits per heavy atom. The number of amides is 2. The fraction of sp³-hybridized carbons (Fsp3) is 0.452. The minimum absolute atomic E-state index is 0.0289. The van der Waals surface area contributed by atoms with Gasteiger partial charge in [0, 0.05) is 36.2 Å². The molecule has 1 aliphatic heterocycles. The predicted molar refractivity (Wildman–Crippen MR) is 151 cm³/mol. The maximum Gasteiger partial charge on any atom is 0.247 e. The Morgan fingerprint density at radius 2 is 1.98 bits per heavy atom. The molecule has 4 rings (SSSR count). The lowest BCUT2D eigenvalue weighted by atomic mass is 9.77. The molecule has 1 aliphatic carbocycles. The highest BCUT2D eigenvalue weighted by Gasteiger charge is 2.51. The van der Waals surface area contributed by atoms with Crippen molar-refractivity contribution in [3.63, 3.8) is 0 Å². The smallest absolute Gasteiger partial charge is 0.247 e. The molecule has 2 aromatic carbocycles. The van der Waals surface area contributed by atoms with Gasteiger partial charge in [0.25, 0.3) is 0 Å². The van der Waals surface area contributed by atoms with Crippen LogP contribution in [0.25, 0.3) is 0 Å². The monoisotopic (exact) mass is 566 g/mol. The lowest BCUT2D eigenvalue weighted by molar-refractivity contribution is -0.137. The summed E-state index contributed by atoms with van der Waals surface area (Å²) in [5.74, 6) is 0.0531. The van der Waals surface area contributed by atoms with Crippen LogP contribution < -0.4 is 19.5 Å². The van der Waals surface area contributed by atoms with E-state index in [1.165, 1.54) is 13.2 Å². The number of benzene rings is 2. The molecule has 2 aliphatic rings. The van der Waals surface area contributed by atoms with Crippen molar-refractivity contribution in [1.29, 1.82) is 0 Å². The first kappa shape index (κ1) is 30.1. The molecule has 220 valence electrons. The normalized spacial score (nSPS) is 20.7. The first-order valence-corrected chi connectivity index (χ1v) is 13.9. The second kappa shape index (κ2) is 13.6. The number of nitrogens with one attached hydrogen (secondary N) is 1. The van der Waals surface area contributed by atoms with Crippen LogP contribution in [-0.4, -0.2) is 85.4 Å². The van der Waals surface area contributed by atoms with Crippen molar-refractivity contribution in [2.75, 3.05) is 33.9 Å². The van der Waals surface area contributed by atoms with E-state index in [0.29, 0.717) is 60.5 Å². The van der Waals surface area contributed by atoms with E-state index in [0.717, 1.165) is 12.0 Å². The standard InChI is InChI=1S/C31H38N2O8/c1-4-5-9-26(36)33(12-10-19-7-6-8-21(14-19)39-2)24-17-23(31(38)32-11-13-34)27-22-15-20(18-35)16-25(40-3)29(22)41-30(27)28(24)37/h6-8,14-18,24,27-28,30,34,37H,4-5,9-13H2,1-3H3,(H,32,38). The number of nitrogens with zero attached hydrogens (tertiary/aromatic N) is 1. The minimum Gasteiger partial charge on any atom is -0.497 e. The molecule has 2 amide bonds. The van der Waals surface area contributed by atoms with Crippen LogP contribution in [0.3, 0.4) is 0 Å². The number of hydrogen-bond acceptors (Lipinski definition) is 8. The Bertz CT molecular complexity index is 1290. The van der Waals surface area contributed by atoms with E-state index in [9.17, 15) is 24.6 Å². The molecule has 0 saturated carbocycles. The van der Waals surface area contributed by atoms with Gasteiger partial charge in [-0.05, 0) is 48.7 Å². The van der Waals surface area contributed by atoms with Gasteiger partial charge in [0.2, 0.25) is 11.8 Å². The van der Waals surface area contributed by atoms with Crippen molar-refractivity contribution in [3.8, 4) is 17.2 Å². The summed E-state index contributed by atoms with van der Waals surface area (Å²) in [4.78, 5) is 40.3. The van der Waals surface area contributed by atoms with Crippen molar-refractivity contribution < 1.29 is 38.8 Å². The van der Waals surface area contributed by atoms with Gasteiger partial charge in [-0.2, -0.15) is 0 Å². The average molecular weight is 567 g/mol. The number of methoxy groups -OCH3 is 2. The predicted octanol–water partition coefficient (Wildman–Crippen LogP) is 2.40. The number of aliphatic hydroxyl groups excluding tert-OH is 2. The zero-order valence-corrected chi connectivity index (χ0v) is 23.7. The van der Waals surface area contributed by atoms with Gasteiger partial charge in [0.1, 0.15) is 24.2 Å². The molecule has 2 aromatic rings. The van der Waals surface area contributed by atoms with E-state index in [1.807, 2.05) is 31.2 Å². The third-order valence-corrected chi connectivity index (χ3v) is 7.61. The Morgan fingerprint density at radius 3 is 2.66 bits per heavy atom. The molecular weight excluding hydrogens is 528 g/mol. The first-order valence-electron chi connectivity index (χ1n) is 13.9. The topological polar surface area (TPSA) is 135 Å². The fourth-order valence-corrected chi connectivity index (χ4v) is 5.55. The van der Waals surface area contributed by atoms with E-state index >= 15 is 0 Å². The number of fused-ring (bicyclic) bond motifs is 3.